The highest BCUT2D eigenvalue weighted by Gasteiger charge is 2.83. The van der Waals surface area contributed by atoms with Gasteiger partial charge in [0.05, 0.1) is 31.5 Å². The Morgan fingerprint density at radius 3 is 2.42 bits per heavy atom. The van der Waals surface area contributed by atoms with Crippen molar-refractivity contribution < 1.29 is 28.5 Å². The van der Waals surface area contributed by atoms with Crippen molar-refractivity contribution in [2.24, 2.45) is 56.7 Å². The van der Waals surface area contributed by atoms with E-state index in [1.807, 2.05) is 25.7 Å². The quantitative estimate of drug-likeness (QED) is 0.290. The molecule has 6 saturated carbocycles. The molecule has 8 heteroatoms. The normalized spacial score (nSPS) is 47.6. The van der Waals surface area contributed by atoms with Crippen LogP contribution in [0.1, 0.15) is 139 Å². The van der Waals surface area contributed by atoms with Crippen LogP contribution in [0.4, 0.5) is 4.79 Å². The van der Waals surface area contributed by atoms with Gasteiger partial charge in [-0.15, -0.1) is 0 Å². The van der Waals surface area contributed by atoms with Gasteiger partial charge in [-0.05, 0) is 154 Å². The van der Waals surface area contributed by atoms with Crippen LogP contribution in [-0.4, -0.2) is 73.3 Å². The Balaban J connectivity index is 0.927. The number of nitrogens with zero attached hydrogens (tertiary/aromatic N) is 1. The zero-order valence-corrected chi connectivity index (χ0v) is 32.6. The summed E-state index contributed by atoms with van der Waals surface area (Å²) in [4.78, 5) is 27.2. The van der Waals surface area contributed by atoms with E-state index in [0.717, 1.165) is 25.2 Å². The van der Waals surface area contributed by atoms with Gasteiger partial charge in [0.15, 0.2) is 6.29 Å². The summed E-state index contributed by atoms with van der Waals surface area (Å²) in [6, 6.07) is 0. The summed E-state index contributed by atoms with van der Waals surface area (Å²) >= 11 is 0. The zero-order valence-electron chi connectivity index (χ0n) is 32.6. The molecular weight excluding hydrogens is 628 g/mol. The number of rotatable bonds is 7. The Kier molecular flexibility index (Phi) is 8.60. The molecule has 8 fully saturated rings. The summed E-state index contributed by atoms with van der Waals surface area (Å²) in [7, 11) is 0. The molecule has 0 radical (unpaired) electrons. The number of amides is 2. The summed E-state index contributed by atoms with van der Waals surface area (Å²) < 4.78 is 25.6. The highest BCUT2D eigenvalue weighted by Crippen LogP contribution is 2.89. The van der Waals surface area contributed by atoms with E-state index in [4.69, 9.17) is 18.9 Å². The minimum absolute atomic E-state index is 0.0832. The molecule has 0 aromatic carbocycles. The molecule has 8 nitrogen and oxygen atoms in total. The second kappa shape index (κ2) is 12.1. The maximum atomic E-state index is 12.9. The van der Waals surface area contributed by atoms with Crippen LogP contribution in [-0.2, 0) is 23.7 Å². The first-order valence-corrected chi connectivity index (χ1v) is 20.7. The standard InChI is InChI=1S/C42H68N2O6/c1-26-21-28(14-18-43-36(46)50-37(2,3)4)48-29-23-40(8)31-12-11-30-38(5,6)32(49-34-24-44(19-20-47-34)33(45)22-27-9-10-27)13-15-41(30)25-42(31,41)17-16-39(40,7)35(26)29/h26-32,34-35H,9-25H2,1-8H3,(H,43,46)/t26-,28?,29?,30?,31+,32+,34?,35?,39-,40+,41-,42+/m1/s1. The second-order valence-corrected chi connectivity index (χ2v) is 20.7. The summed E-state index contributed by atoms with van der Waals surface area (Å²) in [5.74, 6) is 3.58. The van der Waals surface area contributed by atoms with E-state index in [1.165, 1.54) is 57.8 Å². The van der Waals surface area contributed by atoms with Crippen molar-refractivity contribution in [1.29, 1.82) is 0 Å². The van der Waals surface area contributed by atoms with Crippen molar-refractivity contribution >= 4 is 12.0 Å². The van der Waals surface area contributed by atoms with Crippen LogP contribution in [0.5, 0.6) is 0 Å². The van der Waals surface area contributed by atoms with Crippen molar-refractivity contribution in [3.8, 4) is 0 Å². The molecule has 5 unspecified atom stereocenters. The van der Waals surface area contributed by atoms with Gasteiger partial charge in [0, 0.05) is 19.5 Å². The molecular formula is C42H68N2O6. The number of carbonyl (C=O) groups is 2. The monoisotopic (exact) mass is 697 g/mol. The summed E-state index contributed by atoms with van der Waals surface area (Å²) in [6.07, 6.45) is 15.4. The number of morpholine rings is 1. The number of carbonyl (C=O) groups excluding carboxylic acids is 2. The molecule has 8 aliphatic rings. The molecule has 2 spiro atoms. The molecule has 2 amide bonds. The first-order valence-electron chi connectivity index (χ1n) is 20.7. The van der Waals surface area contributed by atoms with Crippen LogP contribution >= 0.6 is 0 Å². The van der Waals surface area contributed by atoms with E-state index in [0.29, 0.717) is 84.6 Å². The summed E-state index contributed by atoms with van der Waals surface area (Å²) in [5, 5.41) is 2.97. The summed E-state index contributed by atoms with van der Waals surface area (Å²) in [5.41, 5.74) is 1.10. The van der Waals surface area contributed by atoms with Gasteiger partial charge in [-0.2, -0.15) is 0 Å². The van der Waals surface area contributed by atoms with Gasteiger partial charge in [0.25, 0.3) is 0 Å². The fourth-order valence-electron chi connectivity index (χ4n) is 14.3. The van der Waals surface area contributed by atoms with Crippen LogP contribution in [0.15, 0.2) is 0 Å². The average molecular weight is 697 g/mol. The van der Waals surface area contributed by atoms with Gasteiger partial charge in [0.1, 0.15) is 5.60 Å². The second-order valence-electron chi connectivity index (χ2n) is 20.7. The Bertz CT molecular complexity index is 1340. The Morgan fingerprint density at radius 1 is 0.940 bits per heavy atom. The van der Waals surface area contributed by atoms with E-state index < -0.39 is 5.60 Å². The topological polar surface area (TPSA) is 86.3 Å². The minimum Gasteiger partial charge on any atom is -0.444 e. The number of hydrogen-bond donors (Lipinski definition) is 1. The molecule has 1 N–H and O–H groups in total. The van der Waals surface area contributed by atoms with Gasteiger partial charge in [0.2, 0.25) is 5.91 Å². The Hall–Kier alpha value is -1.38. The van der Waals surface area contributed by atoms with Crippen molar-refractivity contribution in [3.05, 3.63) is 0 Å². The fourth-order valence-corrected chi connectivity index (χ4v) is 14.3. The van der Waals surface area contributed by atoms with Crippen LogP contribution in [0.25, 0.3) is 0 Å². The minimum atomic E-state index is -0.485. The molecule has 6 aliphatic carbocycles. The lowest BCUT2D eigenvalue weighted by atomic mass is 9.41. The van der Waals surface area contributed by atoms with Gasteiger partial charge in [-0.25, -0.2) is 4.79 Å². The van der Waals surface area contributed by atoms with Gasteiger partial charge in [-0.1, -0.05) is 34.6 Å². The molecule has 8 rings (SSSR count). The van der Waals surface area contributed by atoms with Crippen LogP contribution in [0.3, 0.4) is 0 Å². The van der Waals surface area contributed by atoms with Gasteiger partial charge < -0.3 is 29.2 Å². The first kappa shape index (κ1) is 35.6. The fraction of sp³-hybridized carbons (Fsp3) is 0.952. The molecule has 0 aromatic rings. The molecule has 282 valence electrons. The van der Waals surface area contributed by atoms with E-state index in [9.17, 15) is 9.59 Å². The number of alkyl carbamates (subject to hydrolysis) is 1. The van der Waals surface area contributed by atoms with Gasteiger partial charge >= 0.3 is 6.09 Å². The maximum absolute atomic E-state index is 12.9. The third kappa shape index (κ3) is 5.60. The third-order valence-corrected chi connectivity index (χ3v) is 16.7. The molecule has 50 heavy (non-hydrogen) atoms. The first-order chi connectivity index (χ1) is 23.5. The lowest BCUT2D eigenvalue weighted by Crippen LogP contribution is -2.58. The van der Waals surface area contributed by atoms with E-state index in [1.54, 1.807) is 0 Å². The molecule has 0 aromatic heterocycles. The summed E-state index contributed by atoms with van der Waals surface area (Å²) in [6.45, 7) is 21.0. The van der Waals surface area contributed by atoms with E-state index in [-0.39, 0.29) is 35.4 Å². The smallest absolute Gasteiger partial charge is 0.407 e. The Labute approximate surface area is 302 Å². The SMILES string of the molecule is C[C@@H]1CC(CCNC(=O)OC(C)(C)C)OC2C[C@@]3(C)[C@@H]4CCC5C(C)(C)[C@@H](OC6CN(C(=O)CC7CC7)CCO6)CC[C@@]56C[C@@]46CC[C@]3(C)C21. The zero-order chi connectivity index (χ0) is 35.5. The molecule has 2 aliphatic heterocycles. The van der Waals surface area contributed by atoms with Crippen molar-refractivity contribution in [2.45, 2.75) is 169 Å². The van der Waals surface area contributed by atoms with Crippen molar-refractivity contribution in [3.63, 3.8) is 0 Å². The van der Waals surface area contributed by atoms with E-state index in [2.05, 4.69) is 39.9 Å². The lowest BCUT2D eigenvalue weighted by molar-refractivity contribution is -0.246. The van der Waals surface area contributed by atoms with E-state index >= 15 is 0 Å². The Morgan fingerprint density at radius 2 is 1.68 bits per heavy atom. The van der Waals surface area contributed by atoms with Crippen molar-refractivity contribution in [2.75, 3.05) is 26.2 Å². The molecule has 2 heterocycles. The van der Waals surface area contributed by atoms with Crippen LogP contribution in [0.2, 0.25) is 0 Å². The highest BCUT2D eigenvalue weighted by atomic mass is 16.7. The molecule has 12 atom stereocenters. The maximum Gasteiger partial charge on any atom is 0.407 e. The predicted octanol–water partition coefficient (Wildman–Crippen LogP) is 8.11. The highest BCUT2D eigenvalue weighted by molar-refractivity contribution is 5.76. The number of ether oxygens (including phenoxy) is 4. The molecule has 2 saturated heterocycles. The average Bonchev–Trinajstić information content (AvgIpc) is 3.94. The third-order valence-electron chi connectivity index (χ3n) is 16.7. The number of hydrogen-bond acceptors (Lipinski definition) is 6. The largest absolute Gasteiger partial charge is 0.444 e. The van der Waals surface area contributed by atoms with Crippen LogP contribution in [0, 0.1) is 56.7 Å². The predicted molar refractivity (Wildman–Crippen MR) is 192 cm³/mol. The molecule has 0 bridgehead atoms. The van der Waals surface area contributed by atoms with Crippen LogP contribution < -0.4 is 5.32 Å². The lowest BCUT2D eigenvalue weighted by Gasteiger charge is -2.63. The number of fused-ring (bicyclic) bond motifs is 4. The van der Waals surface area contributed by atoms with Crippen molar-refractivity contribution in [1.82, 2.24) is 10.2 Å². The number of nitrogens with one attached hydrogen (secondary N) is 1. The van der Waals surface area contributed by atoms with Gasteiger partial charge in [-0.3, -0.25) is 4.79 Å².